The summed E-state index contributed by atoms with van der Waals surface area (Å²) in [6, 6.07) is 9.30. The van der Waals surface area contributed by atoms with Gasteiger partial charge in [0.05, 0.1) is 26.4 Å². The molecule has 3 aromatic carbocycles. The fourth-order valence-corrected chi connectivity index (χ4v) is 3.08. The number of carboxylic acid groups (broad SMARTS) is 1. The first-order valence-corrected chi connectivity index (χ1v) is 10.1. The predicted molar refractivity (Wildman–Crippen MR) is 123 cm³/mol. The zero-order chi connectivity index (χ0) is 26.1. The van der Waals surface area contributed by atoms with Gasteiger partial charge in [-0.25, -0.2) is 4.79 Å². The van der Waals surface area contributed by atoms with Crippen LogP contribution in [0.1, 0.15) is 22.3 Å². The quantitative estimate of drug-likeness (QED) is 0.285. The van der Waals surface area contributed by atoms with Gasteiger partial charge in [-0.05, 0) is 37.1 Å². The number of ether oxygens (including phenoxy) is 3. The van der Waals surface area contributed by atoms with E-state index in [1.165, 1.54) is 44.6 Å². The van der Waals surface area contributed by atoms with Crippen molar-refractivity contribution in [3.8, 4) is 51.7 Å². The number of para-hydroxylation sites is 1. The number of methoxy groups -OCH3 is 2. The van der Waals surface area contributed by atoms with Crippen LogP contribution < -0.4 is 14.2 Å². The number of carboxylic acids is 1. The minimum Gasteiger partial charge on any atom is -0.508 e. The number of phenols is 6. The monoisotopic (exact) mass is 490 g/mol. The van der Waals surface area contributed by atoms with E-state index in [0.29, 0.717) is 12.4 Å². The second kappa shape index (κ2) is 12.0. The highest BCUT2D eigenvalue weighted by molar-refractivity contribution is 5.89. The summed E-state index contributed by atoms with van der Waals surface area (Å²) in [4.78, 5) is 10.4. The summed E-state index contributed by atoms with van der Waals surface area (Å²) in [5.74, 6) is -1.37. The van der Waals surface area contributed by atoms with E-state index >= 15 is 0 Å². The number of benzene rings is 3. The fourth-order valence-electron chi connectivity index (χ4n) is 3.08. The molecule has 4 rings (SSSR count). The van der Waals surface area contributed by atoms with Gasteiger partial charge < -0.3 is 50.0 Å². The summed E-state index contributed by atoms with van der Waals surface area (Å²) in [7, 11) is 2.64. The normalized spacial score (nSPS) is 11.4. The van der Waals surface area contributed by atoms with Crippen molar-refractivity contribution in [2.45, 2.75) is 12.8 Å². The zero-order valence-corrected chi connectivity index (χ0v) is 18.9. The van der Waals surface area contributed by atoms with Gasteiger partial charge >= 0.3 is 5.97 Å². The van der Waals surface area contributed by atoms with Crippen molar-refractivity contribution in [1.82, 2.24) is 0 Å². The molecular weight excluding hydrogens is 464 g/mol. The summed E-state index contributed by atoms with van der Waals surface area (Å²) in [6.07, 6.45) is 1.74. The van der Waals surface area contributed by atoms with Crippen molar-refractivity contribution in [3.05, 3.63) is 53.6 Å². The molecule has 0 aliphatic carbocycles. The molecule has 35 heavy (non-hydrogen) atoms. The van der Waals surface area contributed by atoms with Crippen molar-refractivity contribution in [2.75, 3.05) is 20.8 Å². The fraction of sp³-hybridized carbons (Fsp3) is 0.208. The third kappa shape index (κ3) is 6.90. The lowest BCUT2D eigenvalue weighted by Crippen LogP contribution is -2.07. The summed E-state index contributed by atoms with van der Waals surface area (Å²) < 4.78 is 14.6. The van der Waals surface area contributed by atoms with Crippen LogP contribution in [0.2, 0.25) is 0 Å². The van der Waals surface area contributed by atoms with Crippen LogP contribution in [0.4, 0.5) is 0 Å². The van der Waals surface area contributed by atoms with Gasteiger partial charge in [-0.3, -0.25) is 0 Å². The van der Waals surface area contributed by atoms with E-state index < -0.39 is 17.5 Å². The van der Waals surface area contributed by atoms with Gasteiger partial charge in [0.25, 0.3) is 0 Å². The number of fused-ring (bicyclic) bond motifs is 1. The molecule has 0 aromatic heterocycles. The zero-order valence-electron chi connectivity index (χ0n) is 18.9. The second-order valence-electron chi connectivity index (χ2n) is 7.08. The SMILES string of the molecule is COc1c(O)cc(C(=O)O)cc1O.COc1c(O)cccc1O.Oc1cc(O)c2c(c1)OCCC2. The van der Waals surface area contributed by atoms with Crippen molar-refractivity contribution in [1.29, 1.82) is 0 Å². The van der Waals surface area contributed by atoms with Crippen LogP contribution in [0, 0.1) is 0 Å². The van der Waals surface area contributed by atoms with E-state index in [2.05, 4.69) is 9.47 Å². The standard InChI is InChI=1S/C9H10O3.C8H8O5.C7H8O3/c10-6-4-8(11)7-2-1-3-12-9(7)5-6;1-13-7-5(9)2-4(8(11)12)3-6(7)10;1-10-7-5(8)3-2-4-6(7)9/h4-5,10-11H,1-3H2;2-3,9-10H,1H3,(H,11,12);2-4,8-9H,1H3. The van der Waals surface area contributed by atoms with Gasteiger partial charge in [-0.15, -0.1) is 0 Å². The average Bonchev–Trinajstić information content (AvgIpc) is 2.80. The molecule has 0 bridgehead atoms. The van der Waals surface area contributed by atoms with Crippen molar-refractivity contribution in [2.24, 2.45) is 0 Å². The summed E-state index contributed by atoms with van der Waals surface area (Å²) in [5, 5.41) is 63.4. The van der Waals surface area contributed by atoms with Gasteiger partial charge in [0.15, 0.2) is 23.0 Å². The maximum absolute atomic E-state index is 10.4. The maximum atomic E-state index is 10.4. The summed E-state index contributed by atoms with van der Waals surface area (Å²) in [6.45, 7) is 0.663. The Hall–Kier alpha value is -4.67. The topological polar surface area (TPSA) is 186 Å². The first kappa shape index (κ1) is 26.6. The molecule has 188 valence electrons. The number of aromatic hydroxyl groups is 6. The third-order valence-corrected chi connectivity index (χ3v) is 4.68. The molecular formula is C24H26O11. The maximum Gasteiger partial charge on any atom is 0.335 e. The number of carbonyl (C=O) groups is 1. The number of rotatable bonds is 3. The molecule has 11 heteroatoms. The minimum atomic E-state index is -1.23. The van der Waals surface area contributed by atoms with Crippen LogP contribution >= 0.6 is 0 Å². The lowest BCUT2D eigenvalue weighted by atomic mass is 10.1. The lowest BCUT2D eigenvalue weighted by molar-refractivity contribution is 0.0695. The minimum absolute atomic E-state index is 0.0492. The highest BCUT2D eigenvalue weighted by Crippen LogP contribution is 2.37. The van der Waals surface area contributed by atoms with E-state index in [9.17, 15) is 20.1 Å². The number of hydrogen-bond acceptors (Lipinski definition) is 10. The Balaban J connectivity index is 0.000000187. The molecule has 1 aliphatic rings. The molecule has 1 heterocycles. The Bertz CT molecular complexity index is 1130. The molecule has 0 saturated carbocycles. The highest BCUT2D eigenvalue weighted by Gasteiger charge is 2.15. The average molecular weight is 490 g/mol. The highest BCUT2D eigenvalue weighted by atomic mass is 16.5. The number of phenolic OH excluding ortho intramolecular Hbond substituents is 6. The molecule has 0 unspecified atom stereocenters. The van der Waals surface area contributed by atoms with E-state index in [0.717, 1.165) is 30.5 Å². The molecule has 0 spiro atoms. The summed E-state index contributed by atoms with van der Waals surface area (Å²) in [5.41, 5.74) is 0.606. The molecule has 0 fully saturated rings. The van der Waals surface area contributed by atoms with Gasteiger partial charge in [0.1, 0.15) is 17.2 Å². The Labute approximate surface area is 200 Å². The van der Waals surface area contributed by atoms with Crippen molar-refractivity contribution >= 4 is 5.97 Å². The largest absolute Gasteiger partial charge is 0.508 e. The summed E-state index contributed by atoms with van der Waals surface area (Å²) >= 11 is 0. The third-order valence-electron chi connectivity index (χ3n) is 4.68. The van der Waals surface area contributed by atoms with Crippen molar-refractivity contribution in [3.63, 3.8) is 0 Å². The number of aromatic carboxylic acids is 1. The van der Waals surface area contributed by atoms with Crippen LogP contribution in [0.3, 0.4) is 0 Å². The van der Waals surface area contributed by atoms with E-state index in [1.807, 2.05) is 0 Å². The van der Waals surface area contributed by atoms with Gasteiger partial charge in [-0.2, -0.15) is 0 Å². The molecule has 3 aromatic rings. The smallest absolute Gasteiger partial charge is 0.335 e. The van der Waals surface area contributed by atoms with E-state index in [4.69, 9.17) is 25.2 Å². The van der Waals surface area contributed by atoms with Gasteiger partial charge in [-0.1, -0.05) is 6.07 Å². The lowest BCUT2D eigenvalue weighted by Gasteiger charge is -2.17. The van der Waals surface area contributed by atoms with E-state index in [1.54, 1.807) is 0 Å². The molecule has 0 amide bonds. The molecule has 0 saturated heterocycles. The van der Waals surface area contributed by atoms with Gasteiger partial charge in [0.2, 0.25) is 11.5 Å². The van der Waals surface area contributed by atoms with Crippen LogP contribution in [-0.4, -0.2) is 62.5 Å². The van der Waals surface area contributed by atoms with Gasteiger partial charge in [0, 0.05) is 17.7 Å². The second-order valence-corrected chi connectivity index (χ2v) is 7.08. The Kier molecular flexibility index (Phi) is 9.10. The molecule has 7 N–H and O–H groups in total. The first-order chi connectivity index (χ1) is 16.6. The van der Waals surface area contributed by atoms with Crippen LogP contribution in [0.5, 0.6) is 51.7 Å². The van der Waals surface area contributed by atoms with Crippen LogP contribution in [-0.2, 0) is 6.42 Å². The molecule has 0 atom stereocenters. The Morgan fingerprint density at radius 3 is 1.83 bits per heavy atom. The molecule has 11 nitrogen and oxygen atoms in total. The molecule has 1 aliphatic heterocycles. The first-order valence-electron chi connectivity index (χ1n) is 10.1. The Morgan fingerprint density at radius 2 is 1.34 bits per heavy atom. The predicted octanol–water partition coefficient (Wildman–Crippen LogP) is 3.33. The van der Waals surface area contributed by atoms with E-state index in [-0.39, 0.29) is 40.1 Å². The van der Waals surface area contributed by atoms with Crippen molar-refractivity contribution < 1.29 is 54.8 Å². The molecule has 0 radical (unpaired) electrons. The van der Waals surface area contributed by atoms with Crippen LogP contribution in [0.15, 0.2) is 42.5 Å². The van der Waals surface area contributed by atoms with Crippen LogP contribution in [0.25, 0.3) is 0 Å². The Morgan fingerprint density at radius 1 is 0.800 bits per heavy atom. The number of hydrogen-bond donors (Lipinski definition) is 7.